The molecule has 0 aromatic heterocycles. The van der Waals surface area contributed by atoms with Crippen LogP contribution in [0.25, 0.3) is 0 Å². The fourth-order valence-corrected chi connectivity index (χ4v) is 0. The summed E-state index contributed by atoms with van der Waals surface area (Å²) in [7, 11) is 0. The molecule has 0 bridgehead atoms. The van der Waals surface area contributed by atoms with Crippen molar-refractivity contribution < 1.29 is 185 Å². The molecule has 0 aliphatic rings. The summed E-state index contributed by atoms with van der Waals surface area (Å²) >= 11 is 0. The minimum Gasteiger partial charge on any atom is 0 e. The fraction of sp³-hybridized carbons (Fsp3) is 0. The summed E-state index contributed by atoms with van der Waals surface area (Å²) in [5, 5.41) is 0. The molecule has 0 saturated heterocycles. The molecule has 16 heavy (non-hydrogen) atoms. The fourth-order valence-electron chi connectivity index (χ4n) is 0. The average molecular weight is 1270 g/mol. The van der Waals surface area contributed by atoms with E-state index < -0.39 is 0 Å². The zero-order valence-corrected chi connectivity index (χ0v) is 32.0. The molecule has 16 heteroatoms. The number of rotatable bonds is 0. The van der Waals surface area contributed by atoms with Crippen LogP contribution in [0.3, 0.4) is 0 Å². The van der Waals surface area contributed by atoms with Crippen molar-refractivity contribution >= 4 is 183 Å². The molecule has 0 N–H and O–H groups in total. The molecule has 0 heterocycles. The molecule has 0 aromatic rings. The Morgan fingerprint density at radius 2 is 1.00 bits per heavy atom. The Morgan fingerprint density at radius 3 is 1.00 bits per heavy atom. The third kappa shape index (κ3) is 114. The third-order valence-corrected chi connectivity index (χ3v) is 0. The first kappa shape index (κ1) is 144. The van der Waals surface area contributed by atoms with Gasteiger partial charge in [-0.2, -0.15) is 0 Å². The van der Waals surface area contributed by atoms with Crippen LogP contribution in [0.4, 0.5) is 0 Å². The summed E-state index contributed by atoms with van der Waals surface area (Å²) in [6, 6.07) is 0. The van der Waals surface area contributed by atoms with E-state index >= 15 is 0 Å². The van der Waals surface area contributed by atoms with Gasteiger partial charge in [-0.3, -0.25) is 0 Å². The van der Waals surface area contributed by atoms with Crippen molar-refractivity contribution in [2.45, 2.75) is 0 Å². The Balaban J connectivity index is 0. The van der Waals surface area contributed by atoms with Crippen LogP contribution in [0.5, 0.6) is 0 Å². The smallest absolute Gasteiger partial charge is 0 e. The molecule has 96 valence electrons. The largest absolute Gasteiger partial charge is 0 e. The quantitative estimate of drug-likeness (QED) is 0.213. The maximum absolute atomic E-state index is 0. The van der Waals surface area contributed by atoms with Gasteiger partial charge in [0, 0.05) is 185 Å². The summed E-state index contributed by atoms with van der Waals surface area (Å²) in [6.07, 6.45) is 0. The molecule has 0 rings (SSSR count). The zero-order chi connectivity index (χ0) is 0. The van der Waals surface area contributed by atoms with Crippen molar-refractivity contribution in [3.05, 3.63) is 0 Å². The van der Waals surface area contributed by atoms with E-state index in [1.165, 1.54) is 0 Å². The van der Waals surface area contributed by atoms with E-state index in [-0.39, 0.29) is 367 Å². The van der Waals surface area contributed by atoms with Crippen LogP contribution in [-0.2, 0) is 185 Å². The second-order valence-corrected chi connectivity index (χ2v) is 0. The first-order chi connectivity index (χ1) is 0. The number of hydrogen-bond acceptors (Lipinski definition) is 0. The minimum atomic E-state index is 0. The molecule has 0 aromatic carbocycles. The van der Waals surface area contributed by atoms with Gasteiger partial charge in [-0.25, -0.2) is 0 Å². The van der Waals surface area contributed by atoms with Gasteiger partial charge in [0.25, 0.3) is 0 Å². The third-order valence-electron chi connectivity index (χ3n) is 0. The monoisotopic (exact) mass is 1270 g/mol. The van der Waals surface area contributed by atoms with Gasteiger partial charge in [-0.15, -0.1) is 0 Å². The molecular weight excluding hydrogens is 1260 g/mol. The normalized spacial score (nSPS) is 0. The van der Waals surface area contributed by atoms with Gasteiger partial charge < -0.3 is 0 Å². The van der Waals surface area contributed by atoms with Crippen LogP contribution in [0.15, 0.2) is 0 Å². The van der Waals surface area contributed by atoms with E-state index in [9.17, 15) is 0 Å². The van der Waals surface area contributed by atoms with Crippen molar-refractivity contribution in [1.29, 1.82) is 0 Å². The van der Waals surface area contributed by atoms with Gasteiger partial charge in [0.1, 0.15) is 0 Å². The summed E-state index contributed by atoms with van der Waals surface area (Å²) < 4.78 is 0. The van der Waals surface area contributed by atoms with Crippen molar-refractivity contribution in [2.75, 3.05) is 0 Å². The van der Waals surface area contributed by atoms with Crippen LogP contribution in [-0.4, -0.2) is 183 Å². The van der Waals surface area contributed by atoms with Gasteiger partial charge in [0.05, 0.1) is 0 Å². The summed E-state index contributed by atoms with van der Waals surface area (Å²) in [6.45, 7) is 0. The minimum absolute atomic E-state index is 0. The predicted octanol–water partition coefficient (Wildman–Crippen LogP) is -6.17. The second-order valence-electron chi connectivity index (χ2n) is 0. The Labute approximate surface area is 356 Å². The molecular formula is H13AgAlAuBeCdCoCuKMgMoNaNiPbSnTiZn. The van der Waals surface area contributed by atoms with Crippen molar-refractivity contribution in [1.82, 2.24) is 0 Å². The molecule has 0 aliphatic heterocycles. The van der Waals surface area contributed by atoms with Crippen LogP contribution in [0, 0.1) is 0 Å². The first-order valence-electron chi connectivity index (χ1n) is 0. The number of hydrogen-bond donors (Lipinski definition) is 0. The first-order valence-corrected chi connectivity index (χ1v) is 0. The molecule has 0 aliphatic carbocycles. The molecule has 0 unspecified atom stereocenters. The van der Waals surface area contributed by atoms with Crippen molar-refractivity contribution in [3.8, 4) is 0 Å². The van der Waals surface area contributed by atoms with Crippen LogP contribution in [0.1, 0.15) is 0 Å². The van der Waals surface area contributed by atoms with E-state index in [0.29, 0.717) is 0 Å². The van der Waals surface area contributed by atoms with Crippen molar-refractivity contribution in [2.24, 2.45) is 0 Å². The Hall–Kier alpha value is 11.8. The average Bonchev–Trinajstić information content (AvgIpc) is 0. The topological polar surface area (TPSA) is 0 Å². The SMILES string of the molecule is [Ag].[AlH3].[Au].[BeH2].[Cd].[Co].[Cu].[KH].[MgH2].[Mo].[NaH].[Ni].[PbH2].[SnH2].[Ti].[Zn]. The predicted molar refractivity (Wildman–Crippen MR) is 58.4 cm³/mol. The van der Waals surface area contributed by atoms with Gasteiger partial charge in [0.2, 0.25) is 0 Å². The molecule has 0 nitrogen and oxygen atoms in total. The van der Waals surface area contributed by atoms with E-state index in [4.69, 9.17) is 0 Å². The Morgan fingerprint density at radius 1 is 1.00 bits per heavy atom. The second kappa shape index (κ2) is 128. The zero-order valence-electron chi connectivity index (χ0n) is 5.29. The van der Waals surface area contributed by atoms with Crippen LogP contribution in [0.2, 0.25) is 0 Å². The van der Waals surface area contributed by atoms with Crippen molar-refractivity contribution in [3.63, 3.8) is 0 Å². The van der Waals surface area contributed by atoms with E-state index in [2.05, 4.69) is 0 Å². The van der Waals surface area contributed by atoms with Crippen LogP contribution < -0.4 is 0 Å². The van der Waals surface area contributed by atoms with Gasteiger partial charge >= 0.3 is 165 Å². The molecule has 0 atom stereocenters. The molecule has 0 amide bonds. The van der Waals surface area contributed by atoms with E-state index in [1.54, 1.807) is 0 Å². The van der Waals surface area contributed by atoms with Crippen LogP contribution >= 0.6 is 0 Å². The van der Waals surface area contributed by atoms with E-state index in [1.807, 2.05) is 0 Å². The van der Waals surface area contributed by atoms with E-state index in [0.717, 1.165) is 0 Å². The maximum atomic E-state index is 0. The maximum Gasteiger partial charge on any atom is 0 e. The summed E-state index contributed by atoms with van der Waals surface area (Å²) in [5.41, 5.74) is 0. The Bertz CT molecular complexity index is 64.0. The summed E-state index contributed by atoms with van der Waals surface area (Å²) in [4.78, 5) is 0. The molecule has 8 radical (unpaired) electrons. The van der Waals surface area contributed by atoms with Gasteiger partial charge in [-0.05, 0) is 0 Å². The molecule has 0 spiro atoms. The standard InChI is InChI=1S/Ag.Al.Au.Be.Cd.Co.Cu.K.Mg.Mo.Na.Ni.Pb.Sn.Ti.Zn.13H. The van der Waals surface area contributed by atoms with Gasteiger partial charge in [0.15, 0.2) is 17.4 Å². The summed E-state index contributed by atoms with van der Waals surface area (Å²) in [5.74, 6) is 0. The Kier molecular flexibility index (Phi) is 1150. The molecule has 0 fully saturated rings. The van der Waals surface area contributed by atoms with Gasteiger partial charge in [-0.1, -0.05) is 0 Å². The molecule has 0 saturated carbocycles.